The van der Waals surface area contributed by atoms with Crippen LogP contribution in [0.1, 0.15) is 59.2 Å². The average Bonchev–Trinajstić information content (AvgIpc) is 3.27. The Balaban J connectivity index is 1.58. The van der Waals surface area contributed by atoms with Gasteiger partial charge in [0.15, 0.2) is 5.76 Å². The van der Waals surface area contributed by atoms with Gasteiger partial charge in [0, 0.05) is 40.8 Å². The lowest BCUT2D eigenvalue weighted by Gasteiger charge is -2.35. The molecule has 3 nitrogen and oxygen atoms in total. The molecule has 1 aromatic carbocycles. The number of aryl methyl sites for hydroxylation is 2. The first-order chi connectivity index (χ1) is 13.5. The number of thioether (sulfide) groups is 2. The largest absolute Gasteiger partial charge is 0.455 e. The molecule has 0 N–H and O–H groups in total. The molecule has 1 spiro atoms. The van der Waals surface area contributed by atoms with E-state index in [9.17, 15) is 9.18 Å². The fourth-order valence-corrected chi connectivity index (χ4v) is 8.50. The summed E-state index contributed by atoms with van der Waals surface area (Å²) in [6, 6.07) is 4.80. The molecule has 0 saturated carbocycles. The van der Waals surface area contributed by atoms with Crippen molar-refractivity contribution >= 4 is 35.1 Å². The second kappa shape index (κ2) is 6.84. The molecule has 28 heavy (non-hydrogen) atoms. The van der Waals surface area contributed by atoms with Gasteiger partial charge in [-0.15, -0.1) is 23.5 Å². The molecule has 6 heteroatoms. The van der Waals surface area contributed by atoms with Gasteiger partial charge in [-0.05, 0) is 63.3 Å². The van der Waals surface area contributed by atoms with Gasteiger partial charge in [-0.1, -0.05) is 0 Å². The molecule has 1 unspecified atom stereocenters. The zero-order chi connectivity index (χ0) is 19.5. The Morgan fingerprint density at radius 1 is 1.29 bits per heavy atom. The third-order valence-electron chi connectivity index (χ3n) is 6.25. The minimum Gasteiger partial charge on any atom is -0.455 e. The fourth-order valence-electron chi connectivity index (χ4n) is 4.94. The second-order valence-electron chi connectivity index (χ2n) is 7.99. The van der Waals surface area contributed by atoms with Gasteiger partial charge in [0.1, 0.15) is 11.6 Å². The highest BCUT2D eigenvalue weighted by Crippen LogP contribution is 2.59. The summed E-state index contributed by atoms with van der Waals surface area (Å²) >= 11 is 4.02. The van der Waals surface area contributed by atoms with Crippen molar-refractivity contribution in [3.8, 4) is 0 Å². The van der Waals surface area contributed by atoms with Crippen molar-refractivity contribution in [1.82, 2.24) is 0 Å². The van der Waals surface area contributed by atoms with Gasteiger partial charge in [0.25, 0.3) is 5.91 Å². The third kappa shape index (κ3) is 2.75. The van der Waals surface area contributed by atoms with E-state index in [1.807, 2.05) is 35.3 Å². The quantitative estimate of drug-likeness (QED) is 0.598. The fraction of sp³-hybridized carbons (Fsp3) is 0.500. The third-order valence-corrected chi connectivity index (χ3v) is 9.78. The molecule has 1 aromatic heterocycles. The zero-order valence-corrected chi connectivity index (χ0v) is 17.9. The number of benzene rings is 1. The number of furan rings is 1. The van der Waals surface area contributed by atoms with Crippen molar-refractivity contribution in [2.24, 2.45) is 0 Å². The molecule has 1 amide bonds. The molecule has 3 heterocycles. The number of carbonyl (C=O) groups excluding carboxylic acids is 1. The lowest BCUT2D eigenvalue weighted by Crippen LogP contribution is -2.42. The zero-order valence-electron chi connectivity index (χ0n) is 16.2. The van der Waals surface area contributed by atoms with Gasteiger partial charge in [-0.25, -0.2) is 4.39 Å². The van der Waals surface area contributed by atoms with Crippen molar-refractivity contribution in [3.05, 3.63) is 52.2 Å². The molecule has 0 radical (unpaired) electrons. The number of fused-ring (bicyclic) bond motifs is 3. The predicted octanol–water partition coefficient (Wildman–Crippen LogP) is 5.68. The Kier molecular flexibility index (Phi) is 4.55. The van der Waals surface area contributed by atoms with E-state index in [0.717, 1.165) is 66.2 Å². The summed E-state index contributed by atoms with van der Waals surface area (Å²) in [5, 5.41) is 0. The van der Waals surface area contributed by atoms with Crippen molar-refractivity contribution < 1.29 is 13.6 Å². The normalized spacial score (nSPS) is 23.0. The van der Waals surface area contributed by atoms with Crippen LogP contribution in [0.15, 0.2) is 22.6 Å². The Morgan fingerprint density at radius 2 is 2.07 bits per heavy atom. The molecule has 1 saturated heterocycles. The maximum atomic E-state index is 13.7. The highest BCUT2D eigenvalue weighted by Gasteiger charge is 2.46. The number of halogens is 1. The molecule has 2 aromatic rings. The summed E-state index contributed by atoms with van der Waals surface area (Å²) in [4.78, 5) is 15.4. The summed E-state index contributed by atoms with van der Waals surface area (Å²) < 4.78 is 20.0. The Hall–Kier alpha value is -1.40. The van der Waals surface area contributed by atoms with Gasteiger partial charge >= 0.3 is 0 Å². The van der Waals surface area contributed by atoms with Crippen LogP contribution in [0, 0.1) is 12.7 Å². The van der Waals surface area contributed by atoms with Crippen LogP contribution in [-0.2, 0) is 16.9 Å². The summed E-state index contributed by atoms with van der Waals surface area (Å²) in [7, 11) is 0. The minimum absolute atomic E-state index is 0.0637. The number of nitrogens with zero attached hydrogens (tertiary/aromatic N) is 1. The Morgan fingerprint density at radius 3 is 2.86 bits per heavy atom. The van der Waals surface area contributed by atoms with E-state index in [0.29, 0.717) is 5.76 Å². The Labute approximate surface area is 173 Å². The van der Waals surface area contributed by atoms with E-state index in [2.05, 4.69) is 6.92 Å². The van der Waals surface area contributed by atoms with E-state index >= 15 is 0 Å². The second-order valence-corrected chi connectivity index (χ2v) is 11.0. The number of hydrogen-bond donors (Lipinski definition) is 0. The van der Waals surface area contributed by atoms with Gasteiger partial charge < -0.3 is 9.32 Å². The molecule has 1 atom stereocenters. The molecule has 5 rings (SSSR count). The summed E-state index contributed by atoms with van der Waals surface area (Å²) in [5.41, 5.74) is 3.98. The molecule has 1 fully saturated rings. The van der Waals surface area contributed by atoms with Crippen LogP contribution < -0.4 is 4.90 Å². The van der Waals surface area contributed by atoms with E-state index < -0.39 is 0 Å². The monoisotopic (exact) mass is 417 g/mol. The van der Waals surface area contributed by atoms with Crippen LogP contribution in [0.25, 0.3) is 0 Å². The van der Waals surface area contributed by atoms with Gasteiger partial charge in [0.05, 0.1) is 4.08 Å². The van der Waals surface area contributed by atoms with Crippen LogP contribution in [0.2, 0.25) is 0 Å². The minimum atomic E-state index is -0.248. The van der Waals surface area contributed by atoms with Gasteiger partial charge in [0.2, 0.25) is 0 Å². The SMILES string of the molecule is Cc1c(C(=O)N2c3ccc(F)cc3CCC2C)oc2c1C1(CCC2)SCCS1. The predicted molar refractivity (Wildman–Crippen MR) is 114 cm³/mol. The van der Waals surface area contributed by atoms with E-state index in [-0.39, 0.29) is 21.8 Å². The first-order valence-electron chi connectivity index (χ1n) is 10.0. The molecule has 0 bridgehead atoms. The maximum Gasteiger partial charge on any atom is 0.294 e. The summed E-state index contributed by atoms with van der Waals surface area (Å²) in [6.45, 7) is 4.11. The molecular weight excluding hydrogens is 393 g/mol. The lowest BCUT2D eigenvalue weighted by molar-refractivity contribution is 0.0945. The van der Waals surface area contributed by atoms with Crippen molar-refractivity contribution in [2.45, 2.75) is 56.1 Å². The highest BCUT2D eigenvalue weighted by atomic mass is 32.2. The first kappa shape index (κ1) is 18.6. The number of carbonyl (C=O) groups is 1. The molecule has 1 aliphatic carbocycles. The molecule has 2 aliphatic heterocycles. The number of hydrogen-bond acceptors (Lipinski definition) is 4. The Bertz CT molecular complexity index is 948. The summed E-state index contributed by atoms with van der Waals surface area (Å²) in [6.07, 6.45) is 4.78. The number of anilines is 1. The molecule has 148 valence electrons. The van der Waals surface area contributed by atoms with Crippen molar-refractivity contribution in [2.75, 3.05) is 16.4 Å². The smallest absolute Gasteiger partial charge is 0.294 e. The topological polar surface area (TPSA) is 33.5 Å². The van der Waals surface area contributed by atoms with Crippen LogP contribution in [-0.4, -0.2) is 23.5 Å². The van der Waals surface area contributed by atoms with Crippen LogP contribution >= 0.6 is 23.5 Å². The van der Waals surface area contributed by atoms with E-state index in [1.54, 1.807) is 12.1 Å². The first-order valence-corrected chi connectivity index (χ1v) is 12.0. The van der Waals surface area contributed by atoms with E-state index in [1.165, 1.54) is 11.6 Å². The average molecular weight is 418 g/mol. The summed E-state index contributed by atoms with van der Waals surface area (Å²) in [5.74, 6) is 3.44. The lowest BCUT2D eigenvalue weighted by atomic mass is 9.93. The van der Waals surface area contributed by atoms with Gasteiger partial charge in [-0.3, -0.25) is 4.79 Å². The standard InChI is InChI=1S/C22H24FNO2S2/c1-13-5-6-15-12-16(23)7-8-17(15)24(13)21(25)20-14(2)19-18(26-20)4-3-9-22(19)27-10-11-28-22/h7-8,12-13H,3-6,9-11H2,1-2H3. The van der Waals surface area contributed by atoms with Crippen LogP contribution in [0.4, 0.5) is 10.1 Å². The molecular formula is C22H24FNO2S2. The van der Waals surface area contributed by atoms with Crippen molar-refractivity contribution in [3.63, 3.8) is 0 Å². The van der Waals surface area contributed by atoms with E-state index in [4.69, 9.17) is 4.42 Å². The van der Waals surface area contributed by atoms with Crippen molar-refractivity contribution in [1.29, 1.82) is 0 Å². The van der Waals surface area contributed by atoms with Crippen LogP contribution in [0.3, 0.4) is 0 Å². The molecule has 3 aliphatic rings. The van der Waals surface area contributed by atoms with Crippen LogP contribution in [0.5, 0.6) is 0 Å². The maximum absolute atomic E-state index is 13.7. The van der Waals surface area contributed by atoms with Gasteiger partial charge in [-0.2, -0.15) is 0 Å². The number of amides is 1. The number of rotatable bonds is 1. The highest BCUT2D eigenvalue weighted by molar-refractivity contribution is 8.20.